The number of aromatic nitrogens is 2. The zero-order valence-electron chi connectivity index (χ0n) is 18.7. The highest BCUT2D eigenvalue weighted by molar-refractivity contribution is 5.85. The molecular weight excluding hydrogens is 380 g/mol. The van der Waals surface area contributed by atoms with Gasteiger partial charge in [-0.25, -0.2) is 4.98 Å². The highest BCUT2D eigenvalue weighted by atomic mass is 16.5. The monoisotopic (exact) mass is 410 g/mol. The smallest absolute Gasteiger partial charge is 0.119 e. The van der Waals surface area contributed by atoms with Gasteiger partial charge < -0.3 is 4.74 Å². The largest absolute Gasteiger partial charge is 0.494 e. The zero-order chi connectivity index (χ0) is 21.6. The van der Waals surface area contributed by atoms with E-state index in [2.05, 4.69) is 69.3 Å². The fourth-order valence-electron chi connectivity index (χ4n) is 3.83. The fraction of sp³-hybridized carbons (Fsp3) is 0.286. The standard InChI is InChI=1S/C28H30N2O/c1-4-6-7-16-31-24-12-9-22(10-13-24)23-11-15-27(29-19-23)28-18-21(5-2)25-17-20(3)8-14-26(25)30-28/h8-15,17-19H,4-7,16H2,1-3H3. The minimum atomic E-state index is 0.779. The summed E-state index contributed by atoms with van der Waals surface area (Å²) in [6.45, 7) is 7.29. The second-order valence-corrected chi connectivity index (χ2v) is 8.05. The number of ether oxygens (including phenoxy) is 1. The molecule has 0 radical (unpaired) electrons. The molecule has 2 aromatic heterocycles. The number of nitrogens with zero attached hydrogens (tertiary/aromatic N) is 2. The lowest BCUT2D eigenvalue weighted by Gasteiger charge is -2.10. The number of hydrogen-bond acceptors (Lipinski definition) is 3. The van der Waals surface area contributed by atoms with Crippen molar-refractivity contribution in [3.63, 3.8) is 0 Å². The van der Waals surface area contributed by atoms with Crippen molar-refractivity contribution in [2.45, 2.75) is 46.5 Å². The molecular formula is C28H30N2O. The van der Waals surface area contributed by atoms with Crippen molar-refractivity contribution in [2.24, 2.45) is 0 Å². The van der Waals surface area contributed by atoms with Gasteiger partial charge in [0.05, 0.1) is 23.5 Å². The van der Waals surface area contributed by atoms with Gasteiger partial charge in [0.15, 0.2) is 0 Å². The third-order valence-corrected chi connectivity index (χ3v) is 5.66. The van der Waals surface area contributed by atoms with Crippen LogP contribution in [0.1, 0.15) is 44.2 Å². The highest BCUT2D eigenvalue weighted by Gasteiger charge is 2.09. The second-order valence-electron chi connectivity index (χ2n) is 8.05. The lowest BCUT2D eigenvalue weighted by molar-refractivity contribution is 0.306. The van der Waals surface area contributed by atoms with Crippen molar-refractivity contribution in [3.05, 3.63) is 78.0 Å². The van der Waals surface area contributed by atoms with E-state index in [9.17, 15) is 0 Å². The predicted octanol–water partition coefficient (Wildman–Crippen LogP) is 7.40. The minimum Gasteiger partial charge on any atom is -0.494 e. The fourth-order valence-corrected chi connectivity index (χ4v) is 3.83. The number of benzene rings is 2. The third kappa shape index (κ3) is 4.93. The number of unbranched alkanes of at least 4 members (excludes halogenated alkanes) is 2. The van der Waals surface area contributed by atoms with Crippen LogP contribution in [0.15, 0.2) is 66.9 Å². The molecule has 2 aromatic carbocycles. The second kappa shape index (κ2) is 9.74. The van der Waals surface area contributed by atoms with Crippen molar-refractivity contribution < 1.29 is 4.74 Å². The van der Waals surface area contributed by atoms with Gasteiger partial charge in [-0.3, -0.25) is 4.98 Å². The average molecular weight is 411 g/mol. The molecule has 0 bridgehead atoms. The van der Waals surface area contributed by atoms with Crippen molar-refractivity contribution >= 4 is 10.9 Å². The Kier molecular flexibility index (Phi) is 6.61. The van der Waals surface area contributed by atoms with Gasteiger partial charge >= 0.3 is 0 Å². The van der Waals surface area contributed by atoms with Crippen LogP contribution in [-0.4, -0.2) is 16.6 Å². The maximum atomic E-state index is 5.82. The Bertz CT molecular complexity index is 1150. The molecule has 0 fully saturated rings. The van der Waals surface area contributed by atoms with E-state index in [4.69, 9.17) is 14.7 Å². The first-order valence-corrected chi connectivity index (χ1v) is 11.3. The summed E-state index contributed by atoms with van der Waals surface area (Å²) in [5, 5.41) is 1.24. The van der Waals surface area contributed by atoms with Crippen LogP contribution in [0, 0.1) is 6.92 Å². The molecule has 0 aliphatic rings. The molecule has 0 unspecified atom stereocenters. The van der Waals surface area contributed by atoms with Crippen LogP contribution in [0.4, 0.5) is 0 Å². The molecule has 0 N–H and O–H groups in total. The van der Waals surface area contributed by atoms with Gasteiger partial charge in [-0.05, 0) is 67.3 Å². The normalized spacial score (nSPS) is 11.1. The van der Waals surface area contributed by atoms with Crippen LogP contribution in [-0.2, 0) is 6.42 Å². The van der Waals surface area contributed by atoms with Gasteiger partial charge in [0.1, 0.15) is 5.75 Å². The van der Waals surface area contributed by atoms with Crippen LogP contribution < -0.4 is 4.74 Å². The lowest BCUT2D eigenvalue weighted by Crippen LogP contribution is -1.96. The Labute approximate surface area is 185 Å². The molecule has 0 amide bonds. The number of pyridine rings is 2. The van der Waals surface area contributed by atoms with E-state index < -0.39 is 0 Å². The van der Waals surface area contributed by atoms with Gasteiger partial charge in [0, 0.05) is 17.1 Å². The molecule has 3 heteroatoms. The Balaban J connectivity index is 1.54. The molecule has 0 saturated heterocycles. The SMILES string of the molecule is CCCCCOc1ccc(-c2ccc(-c3cc(CC)c4cc(C)ccc4n3)nc2)cc1. The number of fused-ring (bicyclic) bond motifs is 1. The van der Waals surface area contributed by atoms with E-state index in [-0.39, 0.29) is 0 Å². The molecule has 2 heterocycles. The first-order valence-electron chi connectivity index (χ1n) is 11.3. The molecule has 31 heavy (non-hydrogen) atoms. The zero-order valence-corrected chi connectivity index (χ0v) is 18.7. The molecule has 4 aromatic rings. The first kappa shape index (κ1) is 21.0. The van der Waals surface area contributed by atoms with E-state index >= 15 is 0 Å². The van der Waals surface area contributed by atoms with Crippen LogP contribution >= 0.6 is 0 Å². The van der Waals surface area contributed by atoms with Crippen molar-refractivity contribution in [1.29, 1.82) is 0 Å². The van der Waals surface area contributed by atoms with Gasteiger partial charge in [0.2, 0.25) is 0 Å². The third-order valence-electron chi connectivity index (χ3n) is 5.66. The molecule has 0 aliphatic heterocycles. The number of aryl methyl sites for hydroxylation is 2. The maximum Gasteiger partial charge on any atom is 0.119 e. The lowest BCUT2D eigenvalue weighted by atomic mass is 10.0. The Hall–Kier alpha value is -3.20. The van der Waals surface area contributed by atoms with Gasteiger partial charge in [-0.1, -0.05) is 56.5 Å². The maximum absolute atomic E-state index is 5.82. The van der Waals surface area contributed by atoms with Crippen molar-refractivity contribution in [3.8, 4) is 28.3 Å². The summed E-state index contributed by atoms with van der Waals surface area (Å²) in [7, 11) is 0. The predicted molar refractivity (Wildman–Crippen MR) is 130 cm³/mol. The molecule has 0 atom stereocenters. The summed E-state index contributed by atoms with van der Waals surface area (Å²) in [6.07, 6.45) is 6.42. The van der Waals surface area contributed by atoms with Gasteiger partial charge in [-0.2, -0.15) is 0 Å². The van der Waals surface area contributed by atoms with E-state index in [1.807, 2.05) is 18.3 Å². The summed E-state index contributed by atoms with van der Waals surface area (Å²) in [5.74, 6) is 0.923. The summed E-state index contributed by atoms with van der Waals surface area (Å²) < 4.78 is 5.82. The molecule has 0 aliphatic carbocycles. The van der Waals surface area contributed by atoms with E-state index in [1.54, 1.807) is 0 Å². The quantitative estimate of drug-likeness (QED) is 0.284. The molecule has 0 saturated carbocycles. The van der Waals surface area contributed by atoms with E-state index in [1.165, 1.54) is 29.4 Å². The average Bonchev–Trinajstić information content (AvgIpc) is 2.82. The summed E-state index contributed by atoms with van der Waals surface area (Å²) in [5.41, 5.74) is 7.65. The van der Waals surface area contributed by atoms with Crippen LogP contribution in [0.25, 0.3) is 33.4 Å². The van der Waals surface area contributed by atoms with Crippen LogP contribution in [0.5, 0.6) is 5.75 Å². The van der Waals surface area contributed by atoms with Crippen molar-refractivity contribution in [1.82, 2.24) is 9.97 Å². The number of hydrogen-bond donors (Lipinski definition) is 0. The summed E-state index contributed by atoms with van der Waals surface area (Å²) in [4.78, 5) is 9.60. The Morgan fingerprint density at radius 3 is 2.32 bits per heavy atom. The Morgan fingerprint density at radius 1 is 0.806 bits per heavy atom. The van der Waals surface area contributed by atoms with Crippen LogP contribution in [0.3, 0.4) is 0 Å². The molecule has 158 valence electrons. The van der Waals surface area contributed by atoms with Crippen LogP contribution in [0.2, 0.25) is 0 Å². The first-order chi connectivity index (χ1) is 15.2. The topological polar surface area (TPSA) is 35.0 Å². The Morgan fingerprint density at radius 2 is 1.61 bits per heavy atom. The minimum absolute atomic E-state index is 0.779. The van der Waals surface area contributed by atoms with E-state index in [0.29, 0.717) is 0 Å². The van der Waals surface area contributed by atoms with Gasteiger partial charge in [-0.15, -0.1) is 0 Å². The number of rotatable bonds is 8. The van der Waals surface area contributed by atoms with Gasteiger partial charge in [0.25, 0.3) is 0 Å². The summed E-state index contributed by atoms with van der Waals surface area (Å²) in [6, 6.07) is 21.1. The van der Waals surface area contributed by atoms with E-state index in [0.717, 1.165) is 53.2 Å². The molecule has 4 rings (SSSR count). The molecule has 0 spiro atoms. The van der Waals surface area contributed by atoms with Crippen molar-refractivity contribution in [2.75, 3.05) is 6.61 Å². The molecule has 3 nitrogen and oxygen atoms in total. The highest BCUT2D eigenvalue weighted by Crippen LogP contribution is 2.27. The summed E-state index contributed by atoms with van der Waals surface area (Å²) >= 11 is 0.